The number of carboxylic acid groups (broad SMARTS) is 1. The second kappa shape index (κ2) is 9.48. The van der Waals surface area contributed by atoms with Crippen LogP contribution in [0.25, 0.3) is 0 Å². The maximum absolute atomic E-state index is 14.9. The van der Waals surface area contributed by atoms with E-state index in [0.717, 1.165) is 11.6 Å². The summed E-state index contributed by atoms with van der Waals surface area (Å²) in [5, 5.41) is 15.7. The van der Waals surface area contributed by atoms with Crippen LogP contribution in [0.1, 0.15) is 70.2 Å². The maximum atomic E-state index is 14.9. The molecule has 10 heteroatoms. The number of hydrogen-bond donors (Lipinski definition) is 3. The van der Waals surface area contributed by atoms with Gasteiger partial charge in [-0.05, 0) is 61.2 Å². The third-order valence-electron chi connectivity index (χ3n) is 7.08. The molecule has 0 bridgehead atoms. The highest BCUT2D eigenvalue weighted by atomic mass is 19.1. The predicted molar refractivity (Wildman–Crippen MR) is 149 cm³/mol. The fourth-order valence-corrected chi connectivity index (χ4v) is 4.98. The number of amides is 1. The second-order valence-corrected chi connectivity index (χ2v) is 11.1. The van der Waals surface area contributed by atoms with Gasteiger partial charge in [0.25, 0.3) is 16.8 Å². The van der Waals surface area contributed by atoms with Crippen molar-refractivity contribution in [2.45, 2.75) is 47.2 Å². The Morgan fingerprint density at radius 1 is 1.02 bits per heavy atom. The molecule has 1 aliphatic rings. The molecule has 3 N–H and O–H groups in total. The lowest BCUT2D eigenvalue weighted by molar-refractivity contribution is 0.0697. The molecule has 40 heavy (non-hydrogen) atoms. The number of carbonyl (C=O) groups excluding carboxylic acids is 1. The molecule has 1 aliphatic heterocycles. The highest BCUT2D eigenvalue weighted by molar-refractivity contribution is 6.16. The number of carbonyl (C=O) groups is 2. The SMILES string of the molecule is Cc1ccc(C(=O)O)c(N2Cc3c(F)ccc(Nc4c(N[C@@H](c5ccc(C)o5)C(C)(C)C)c(=O)c4=O)c3C2=O)c1. The van der Waals surface area contributed by atoms with E-state index in [1.54, 1.807) is 38.1 Å². The summed E-state index contributed by atoms with van der Waals surface area (Å²) in [5.74, 6) is -1.22. The number of benzene rings is 2. The van der Waals surface area contributed by atoms with E-state index < -0.39 is 40.0 Å². The van der Waals surface area contributed by atoms with Crippen LogP contribution >= 0.6 is 0 Å². The number of aromatic carboxylic acids is 1. The molecule has 0 saturated carbocycles. The normalized spacial score (nSPS) is 13.9. The van der Waals surface area contributed by atoms with Crippen molar-refractivity contribution in [3.05, 3.63) is 103 Å². The lowest BCUT2D eigenvalue weighted by atomic mass is 9.85. The highest BCUT2D eigenvalue weighted by Gasteiger charge is 2.37. The maximum Gasteiger partial charge on any atom is 0.337 e. The minimum absolute atomic E-state index is 0.0335. The topological polar surface area (TPSA) is 129 Å². The first-order valence-corrected chi connectivity index (χ1v) is 12.7. The van der Waals surface area contributed by atoms with Crippen molar-refractivity contribution in [3.8, 4) is 0 Å². The van der Waals surface area contributed by atoms with Crippen LogP contribution in [-0.2, 0) is 6.54 Å². The number of hydrogen-bond acceptors (Lipinski definition) is 7. The molecule has 3 aromatic carbocycles. The number of aryl methyl sites for hydroxylation is 2. The summed E-state index contributed by atoms with van der Waals surface area (Å²) >= 11 is 0. The fourth-order valence-electron chi connectivity index (χ4n) is 4.98. The Hall–Kier alpha value is -4.73. The van der Waals surface area contributed by atoms with Gasteiger partial charge in [-0.2, -0.15) is 0 Å². The molecular weight excluding hydrogens is 517 g/mol. The molecular formula is C30H28FN3O6. The summed E-state index contributed by atoms with van der Waals surface area (Å²) in [6, 6.07) is 10.2. The van der Waals surface area contributed by atoms with Crippen LogP contribution in [0.2, 0.25) is 0 Å². The summed E-state index contributed by atoms with van der Waals surface area (Å²) in [6.07, 6.45) is 0. The van der Waals surface area contributed by atoms with Crippen LogP contribution in [0.3, 0.4) is 0 Å². The minimum atomic E-state index is -1.22. The summed E-state index contributed by atoms with van der Waals surface area (Å²) in [5.41, 5.74) is -1.03. The number of nitrogens with zero attached hydrogens (tertiary/aromatic N) is 1. The molecule has 1 aromatic heterocycles. The average molecular weight is 546 g/mol. The van der Waals surface area contributed by atoms with E-state index in [9.17, 15) is 28.7 Å². The van der Waals surface area contributed by atoms with Gasteiger partial charge >= 0.3 is 5.97 Å². The third kappa shape index (κ3) is 4.45. The van der Waals surface area contributed by atoms with Crippen LogP contribution in [-0.4, -0.2) is 17.0 Å². The number of halogens is 1. The number of nitrogens with one attached hydrogen (secondary N) is 2. The largest absolute Gasteiger partial charge is 0.478 e. The molecule has 0 fully saturated rings. The van der Waals surface area contributed by atoms with Crippen LogP contribution in [0.4, 0.5) is 27.1 Å². The van der Waals surface area contributed by atoms with E-state index in [0.29, 0.717) is 11.5 Å². The minimum Gasteiger partial charge on any atom is -0.478 e. The summed E-state index contributed by atoms with van der Waals surface area (Å²) < 4.78 is 20.7. The molecule has 5 rings (SSSR count). The molecule has 1 amide bonds. The molecule has 4 aromatic rings. The van der Waals surface area contributed by atoms with E-state index in [4.69, 9.17) is 4.42 Å². The molecule has 1 atom stereocenters. The molecule has 206 valence electrons. The first-order valence-electron chi connectivity index (χ1n) is 12.7. The van der Waals surface area contributed by atoms with Crippen LogP contribution in [0.5, 0.6) is 0 Å². The molecule has 0 saturated heterocycles. The smallest absolute Gasteiger partial charge is 0.337 e. The molecule has 0 spiro atoms. The molecule has 0 unspecified atom stereocenters. The first kappa shape index (κ1) is 26.9. The van der Waals surface area contributed by atoms with Gasteiger partial charge in [-0.15, -0.1) is 0 Å². The summed E-state index contributed by atoms with van der Waals surface area (Å²) in [6.45, 7) is 9.23. The van der Waals surface area contributed by atoms with Gasteiger partial charge in [0, 0.05) is 5.56 Å². The van der Waals surface area contributed by atoms with Crippen molar-refractivity contribution in [3.63, 3.8) is 0 Å². The predicted octanol–water partition coefficient (Wildman–Crippen LogP) is 5.43. The van der Waals surface area contributed by atoms with Gasteiger partial charge in [-0.3, -0.25) is 14.4 Å². The Balaban J connectivity index is 1.52. The van der Waals surface area contributed by atoms with Crippen molar-refractivity contribution >= 4 is 34.6 Å². The van der Waals surface area contributed by atoms with Gasteiger partial charge in [0.2, 0.25) is 0 Å². The van der Waals surface area contributed by atoms with Gasteiger partial charge in [0.05, 0.1) is 35.1 Å². The average Bonchev–Trinajstić information content (AvgIpc) is 3.47. The lowest BCUT2D eigenvalue weighted by Crippen LogP contribution is -2.39. The summed E-state index contributed by atoms with van der Waals surface area (Å²) in [4.78, 5) is 52.0. The zero-order chi connectivity index (χ0) is 29.1. The van der Waals surface area contributed by atoms with Gasteiger partial charge in [-0.25, -0.2) is 9.18 Å². The Morgan fingerprint density at radius 3 is 2.35 bits per heavy atom. The zero-order valence-corrected chi connectivity index (χ0v) is 22.6. The van der Waals surface area contributed by atoms with E-state index >= 15 is 0 Å². The Morgan fingerprint density at radius 2 is 1.73 bits per heavy atom. The fraction of sp³-hybridized carbons (Fsp3) is 0.267. The van der Waals surface area contributed by atoms with Crippen LogP contribution in [0, 0.1) is 25.1 Å². The number of anilines is 4. The number of furan rings is 1. The number of fused-ring (bicyclic) bond motifs is 1. The first-order chi connectivity index (χ1) is 18.8. The van der Waals surface area contributed by atoms with Crippen molar-refractivity contribution in [1.29, 1.82) is 0 Å². The van der Waals surface area contributed by atoms with Crippen molar-refractivity contribution in [2.24, 2.45) is 5.41 Å². The van der Waals surface area contributed by atoms with Crippen LogP contribution in [0.15, 0.2) is 56.5 Å². The molecule has 9 nitrogen and oxygen atoms in total. The molecule has 0 radical (unpaired) electrons. The van der Waals surface area contributed by atoms with Gasteiger partial charge < -0.3 is 25.1 Å². The Kier molecular flexibility index (Phi) is 6.36. The zero-order valence-electron chi connectivity index (χ0n) is 22.6. The second-order valence-electron chi connectivity index (χ2n) is 11.1. The quantitative estimate of drug-likeness (QED) is 0.262. The lowest BCUT2D eigenvalue weighted by Gasteiger charge is -2.31. The molecule has 2 heterocycles. The third-order valence-corrected chi connectivity index (χ3v) is 7.08. The number of carboxylic acids is 1. The Labute approximate surface area is 228 Å². The van der Waals surface area contributed by atoms with Crippen molar-refractivity contribution in [2.75, 3.05) is 15.5 Å². The summed E-state index contributed by atoms with van der Waals surface area (Å²) in [7, 11) is 0. The standard InChI is InChI=1S/C30H28FN3O6/c1-14-6-8-16(29(38)39)20(12-14)34-13-17-18(31)9-10-19(22(17)28(34)37)32-23-24(26(36)25(23)35)33-27(30(3,4)5)21-11-7-15(2)40-21/h6-12,27,32-33H,13H2,1-5H3,(H,38,39)/t27-/m0/s1. The monoisotopic (exact) mass is 545 g/mol. The van der Waals surface area contributed by atoms with E-state index in [2.05, 4.69) is 10.6 Å². The van der Waals surface area contributed by atoms with Crippen molar-refractivity contribution in [1.82, 2.24) is 0 Å². The van der Waals surface area contributed by atoms with E-state index in [-0.39, 0.29) is 46.0 Å². The van der Waals surface area contributed by atoms with Crippen molar-refractivity contribution < 1.29 is 23.5 Å². The number of rotatable bonds is 7. The highest BCUT2D eigenvalue weighted by Crippen LogP contribution is 2.40. The van der Waals surface area contributed by atoms with Gasteiger partial charge in [0.1, 0.15) is 28.7 Å². The van der Waals surface area contributed by atoms with E-state index in [1.807, 2.05) is 20.8 Å². The van der Waals surface area contributed by atoms with Gasteiger partial charge in [0.15, 0.2) is 0 Å². The van der Waals surface area contributed by atoms with E-state index in [1.165, 1.54) is 17.0 Å². The van der Waals surface area contributed by atoms with Gasteiger partial charge in [-0.1, -0.05) is 26.8 Å². The van der Waals surface area contributed by atoms with Crippen LogP contribution < -0.4 is 26.4 Å². The molecule has 0 aliphatic carbocycles. The Bertz CT molecular complexity index is 1760.